The van der Waals surface area contributed by atoms with Crippen LogP contribution in [-0.4, -0.2) is 56.0 Å². The molecule has 0 saturated heterocycles. The van der Waals surface area contributed by atoms with Gasteiger partial charge in [-0.3, -0.25) is 9.59 Å². The van der Waals surface area contributed by atoms with E-state index in [9.17, 15) is 18.9 Å². The van der Waals surface area contributed by atoms with Crippen LogP contribution in [-0.2, 0) is 30.0 Å². The number of rotatable bonds is 8. The number of nitrogens with zero attached hydrogens (tertiary/aromatic N) is 1. The Kier molecular flexibility index (Phi) is 12.3. The number of hydrogen-bond donors (Lipinski definition) is 1. The summed E-state index contributed by atoms with van der Waals surface area (Å²) in [5.41, 5.74) is 0.200. The fourth-order valence-electron chi connectivity index (χ4n) is 2.98. The number of aliphatic hydroxyl groups is 1. The van der Waals surface area contributed by atoms with Crippen molar-refractivity contribution >= 4 is 34.5 Å². The second-order valence-corrected chi connectivity index (χ2v) is 11.5. The molecule has 2 unspecified atom stereocenters. The Balaban J connectivity index is 0.00000316. The summed E-state index contributed by atoms with van der Waals surface area (Å²) in [7, 11) is -1.97. The molecule has 0 aliphatic rings. The molecule has 2 atom stereocenters. The van der Waals surface area contributed by atoms with Crippen LogP contribution in [0.5, 0.6) is 0 Å². The quantitative estimate of drug-likeness (QED) is 0.451. The highest BCUT2D eigenvalue weighted by Gasteiger charge is 2.36. The van der Waals surface area contributed by atoms with Crippen LogP contribution in [0.25, 0.3) is 11.1 Å². The molecule has 7 nitrogen and oxygen atoms in total. The summed E-state index contributed by atoms with van der Waals surface area (Å²) in [5.74, 6) is -1.47. The van der Waals surface area contributed by atoms with Crippen LogP contribution >= 0.6 is 11.6 Å². The summed E-state index contributed by atoms with van der Waals surface area (Å²) < 4.78 is 25.3. The van der Waals surface area contributed by atoms with E-state index in [-0.39, 0.29) is 0 Å². The topological polar surface area (TPSA) is 93.1 Å². The monoisotopic (exact) mass is 539 g/mol. The van der Waals surface area contributed by atoms with Crippen molar-refractivity contribution in [1.29, 1.82) is 0 Å². The molecule has 36 heavy (non-hydrogen) atoms. The molecule has 0 saturated carbocycles. The Morgan fingerprint density at radius 2 is 1.33 bits per heavy atom. The van der Waals surface area contributed by atoms with Gasteiger partial charge in [-0.25, -0.2) is 4.21 Å². The molecule has 2 aromatic carbocycles. The number of halogens is 1. The van der Waals surface area contributed by atoms with Gasteiger partial charge in [0.1, 0.15) is 34.8 Å². The van der Waals surface area contributed by atoms with Crippen molar-refractivity contribution in [1.82, 2.24) is 4.31 Å². The third kappa shape index (κ3) is 10.4. The molecule has 2 rings (SSSR count). The molecule has 0 fully saturated rings. The van der Waals surface area contributed by atoms with Crippen LogP contribution in [0.15, 0.2) is 53.4 Å². The highest BCUT2D eigenvalue weighted by molar-refractivity contribution is 7.82. The van der Waals surface area contributed by atoms with Gasteiger partial charge >= 0.3 is 11.9 Å². The Bertz CT molecular complexity index is 1010. The number of ether oxygens (including phenoxy) is 2. The van der Waals surface area contributed by atoms with Gasteiger partial charge in [-0.2, -0.15) is 4.31 Å². The van der Waals surface area contributed by atoms with Gasteiger partial charge in [0.2, 0.25) is 0 Å². The van der Waals surface area contributed by atoms with Crippen molar-refractivity contribution in [2.24, 2.45) is 0 Å². The fraction of sp³-hybridized carbons (Fsp3) is 0.481. The average Bonchev–Trinajstić information content (AvgIpc) is 2.78. The first kappa shape index (κ1) is 31.8. The predicted molar refractivity (Wildman–Crippen MR) is 144 cm³/mol. The van der Waals surface area contributed by atoms with Gasteiger partial charge in [0.05, 0.1) is 11.5 Å². The second kappa shape index (κ2) is 13.9. The minimum Gasteiger partial charge on any atom is -0.459 e. The maximum absolute atomic E-state index is 13.5. The van der Waals surface area contributed by atoms with Crippen molar-refractivity contribution in [3.8, 4) is 11.1 Å². The normalized spacial score (nSPS) is 13.3. The van der Waals surface area contributed by atoms with Gasteiger partial charge in [0.15, 0.2) is 0 Å². The van der Waals surface area contributed by atoms with Gasteiger partial charge < -0.3 is 14.6 Å². The zero-order valence-corrected chi connectivity index (χ0v) is 23.9. The van der Waals surface area contributed by atoms with E-state index in [0.29, 0.717) is 9.92 Å². The molecule has 200 valence electrons. The lowest BCUT2D eigenvalue weighted by Crippen LogP contribution is -2.50. The Morgan fingerprint density at radius 3 is 1.75 bits per heavy atom. The standard InChI is InChI=1S/C25H32ClNO6S.C2H6/c1-24(2,3)32-22(29)15-27(21(16-28)23(30)33-25(4,5)6)34(31)20-13-9-18(10-14-20)17-7-11-19(26)12-8-17;1-2/h7-14,21,28H,15-16H2,1-6H3;1-2H3. The largest absolute Gasteiger partial charge is 0.459 e. The van der Waals surface area contributed by atoms with E-state index in [2.05, 4.69) is 0 Å². The zero-order chi connectivity index (χ0) is 27.7. The summed E-state index contributed by atoms with van der Waals surface area (Å²) in [5, 5.41) is 10.6. The summed E-state index contributed by atoms with van der Waals surface area (Å²) in [6, 6.07) is 12.8. The second-order valence-electron chi connectivity index (χ2n) is 9.67. The number of hydrogen-bond acceptors (Lipinski definition) is 6. The molecule has 0 aliphatic carbocycles. The lowest BCUT2D eigenvalue weighted by atomic mass is 10.1. The van der Waals surface area contributed by atoms with Crippen LogP contribution in [0.3, 0.4) is 0 Å². The molecular formula is C27H38ClNO6S. The molecule has 0 spiro atoms. The Morgan fingerprint density at radius 1 is 0.889 bits per heavy atom. The van der Waals surface area contributed by atoms with Gasteiger partial charge in [-0.05, 0) is 76.9 Å². The smallest absolute Gasteiger partial charge is 0.327 e. The first-order valence-electron chi connectivity index (χ1n) is 11.8. The number of carbonyl (C=O) groups is 2. The third-order valence-electron chi connectivity index (χ3n) is 4.35. The van der Waals surface area contributed by atoms with Crippen molar-refractivity contribution in [3.63, 3.8) is 0 Å². The number of aliphatic hydroxyl groups excluding tert-OH is 1. The van der Waals surface area contributed by atoms with E-state index < -0.39 is 53.3 Å². The Labute approximate surface area is 222 Å². The van der Waals surface area contributed by atoms with Gasteiger partial charge in [0, 0.05) is 5.02 Å². The third-order valence-corrected chi connectivity index (χ3v) is 6.09. The van der Waals surface area contributed by atoms with Gasteiger partial charge in [-0.1, -0.05) is 49.7 Å². The van der Waals surface area contributed by atoms with E-state index >= 15 is 0 Å². The molecule has 0 radical (unpaired) electrons. The SMILES string of the molecule is CC.CC(C)(C)OC(=O)CN(C(CO)C(=O)OC(C)(C)C)S(=O)c1ccc(-c2ccc(Cl)cc2)cc1. The first-order chi connectivity index (χ1) is 16.7. The van der Waals surface area contributed by atoms with Gasteiger partial charge in [0.25, 0.3) is 0 Å². The molecule has 0 heterocycles. The molecule has 0 aliphatic heterocycles. The lowest BCUT2D eigenvalue weighted by molar-refractivity contribution is -0.162. The maximum atomic E-state index is 13.5. The minimum atomic E-state index is -1.97. The highest BCUT2D eigenvalue weighted by atomic mass is 35.5. The lowest BCUT2D eigenvalue weighted by Gasteiger charge is -2.30. The van der Waals surface area contributed by atoms with Crippen LogP contribution < -0.4 is 0 Å². The van der Waals surface area contributed by atoms with Crippen LogP contribution in [0.1, 0.15) is 55.4 Å². The minimum absolute atomic E-state index is 0.350. The number of benzene rings is 2. The van der Waals surface area contributed by atoms with Crippen molar-refractivity contribution in [3.05, 3.63) is 53.6 Å². The summed E-state index contributed by atoms with van der Waals surface area (Å²) in [6.07, 6.45) is 0. The van der Waals surface area contributed by atoms with E-state index in [4.69, 9.17) is 21.1 Å². The first-order valence-corrected chi connectivity index (χ1v) is 13.3. The van der Waals surface area contributed by atoms with E-state index in [0.717, 1.165) is 15.4 Å². The van der Waals surface area contributed by atoms with Gasteiger partial charge in [-0.15, -0.1) is 0 Å². The van der Waals surface area contributed by atoms with Crippen LogP contribution in [0.4, 0.5) is 0 Å². The number of esters is 2. The average molecular weight is 540 g/mol. The summed E-state index contributed by atoms with van der Waals surface area (Å²) >= 11 is 5.95. The fourth-order valence-corrected chi connectivity index (χ4v) is 4.35. The van der Waals surface area contributed by atoms with E-state index in [1.165, 1.54) is 0 Å². The van der Waals surface area contributed by atoms with E-state index in [1.807, 2.05) is 26.0 Å². The van der Waals surface area contributed by atoms with Crippen LogP contribution in [0.2, 0.25) is 5.02 Å². The summed E-state index contributed by atoms with van der Waals surface area (Å²) in [6.45, 7) is 13.0. The highest BCUT2D eigenvalue weighted by Crippen LogP contribution is 2.24. The predicted octanol–water partition coefficient (Wildman–Crippen LogP) is 5.40. The zero-order valence-electron chi connectivity index (χ0n) is 22.3. The summed E-state index contributed by atoms with van der Waals surface area (Å²) in [4.78, 5) is 25.7. The van der Waals surface area contributed by atoms with Crippen molar-refractivity contribution in [2.75, 3.05) is 13.2 Å². The molecule has 9 heteroatoms. The molecule has 2 aromatic rings. The molecule has 0 amide bonds. The van der Waals surface area contributed by atoms with Crippen molar-refractivity contribution in [2.45, 2.75) is 77.5 Å². The molecule has 0 bridgehead atoms. The van der Waals surface area contributed by atoms with Crippen molar-refractivity contribution < 1.29 is 28.4 Å². The Hall–Kier alpha value is -2.26. The maximum Gasteiger partial charge on any atom is 0.327 e. The molecule has 0 aromatic heterocycles. The van der Waals surface area contributed by atoms with E-state index in [1.54, 1.807) is 77.9 Å². The number of carbonyl (C=O) groups excluding carboxylic acids is 2. The molecule has 1 N–H and O–H groups in total. The van der Waals surface area contributed by atoms with Crippen LogP contribution in [0, 0.1) is 0 Å². The molecular weight excluding hydrogens is 502 g/mol.